The van der Waals surface area contributed by atoms with Gasteiger partial charge in [0, 0.05) is 16.6 Å². The lowest BCUT2D eigenvalue weighted by Gasteiger charge is -2.22. The topological polar surface area (TPSA) is 21.3 Å². The summed E-state index contributed by atoms with van der Waals surface area (Å²) < 4.78 is 6.43. The Hall–Kier alpha value is -0.250. The van der Waals surface area contributed by atoms with E-state index in [0.29, 0.717) is 5.92 Å². The molecule has 19 heavy (non-hydrogen) atoms. The summed E-state index contributed by atoms with van der Waals surface area (Å²) in [6, 6.07) is 4.14. The summed E-state index contributed by atoms with van der Waals surface area (Å²) >= 11 is 9.69. The van der Waals surface area contributed by atoms with E-state index in [4.69, 9.17) is 16.3 Å². The molecule has 0 saturated carbocycles. The Labute approximate surface area is 130 Å². The molecule has 0 radical (unpaired) electrons. The van der Waals surface area contributed by atoms with Gasteiger partial charge in [-0.15, -0.1) is 0 Å². The van der Waals surface area contributed by atoms with Gasteiger partial charge in [0.2, 0.25) is 0 Å². The highest BCUT2D eigenvalue weighted by Crippen LogP contribution is 2.37. The largest absolute Gasteiger partial charge is 0.495 e. The Morgan fingerprint density at radius 2 is 2.00 bits per heavy atom. The highest BCUT2D eigenvalue weighted by molar-refractivity contribution is 9.10. The highest BCUT2D eigenvalue weighted by Gasteiger charge is 2.18. The Balaban J connectivity index is 3.06. The van der Waals surface area contributed by atoms with Crippen LogP contribution in [-0.2, 0) is 0 Å². The van der Waals surface area contributed by atoms with Crippen LogP contribution >= 0.6 is 27.5 Å². The van der Waals surface area contributed by atoms with E-state index in [1.165, 1.54) is 6.42 Å². The van der Waals surface area contributed by atoms with Crippen LogP contribution in [0.4, 0.5) is 0 Å². The number of halogens is 2. The Kier molecular flexibility index (Phi) is 7.19. The maximum absolute atomic E-state index is 6.17. The van der Waals surface area contributed by atoms with Crippen LogP contribution in [-0.4, -0.2) is 13.7 Å². The standard InChI is InChI=1S/C15H23BrClNO/c1-5-18-14(7-6-10(2)3)12-8-11(17)9-13(16)15(12)19-4/h8-10,14,18H,5-7H2,1-4H3. The van der Waals surface area contributed by atoms with Crippen LogP contribution in [0.1, 0.15) is 45.2 Å². The normalized spacial score (nSPS) is 12.8. The third-order valence-corrected chi connectivity index (χ3v) is 3.91. The van der Waals surface area contributed by atoms with Gasteiger partial charge in [-0.1, -0.05) is 32.4 Å². The fourth-order valence-electron chi connectivity index (χ4n) is 2.17. The van der Waals surface area contributed by atoms with Crippen LogP contribution in [0.5, 0.6) is 5.75 Å². The second-order valence-corrected chi connectivity index (χ2v) is 6.38. The van der Waals surface area contributed by atoms with E-state index in [0.717, 1.165) is 33.8 Å². The molecule has 0 heterocycles. The molecule has 4 heteroatoms. The Morgan fingerprint density at radius 3 is 2.53 bits per heavy atom. The molecule has 1 aromatic carbocycles. The molecule has 0 fully saturated rings. The smallest absolute Gasteiger partial charge is 0.137 e. The van der Waals surface area contributed by atoms with Gasteiger partial charge in [-0.05, 0) is 53.4 Å². The molecule has 0 aliphatic carbocycles. The molecule has 0 amide bonds. The minimum atomic E-state index is 0.275. The molecule has 0 spiro atoms. The SMILES string of the molecule is CCNC(CCC(C)C)c1cc(Cl)cc(Br)c1OC. The number of hydrogen-bond donors (Lipinski definition) is 1. The molecule has 1 unspecified atom stereocenters. The van der Waals surface area contributed by atoms with Crippen molar-refractivity contribution < 1.29 is 4.74 Å². The first-order chi connectivity index (χ1) is 8.99. The van der Waals surface area contributed by atoms with Crippen molar-refractivity contribution in [2.45, 2.75) is 39.7 Å². The number of hydrogen-bond acceptors (Lipinski definition) is 2. The maximum atomic E-state index is 6.17. The molecule has 0 aliphatic heterocycles. The van der Waals surface area contributed by atoms with E-state index in [1.54, 1.807) is 7.11 Å². The van der Waals surface area contributed by atoms with Crippen molar-refractivity contribution in [3.63, 3.8) is 0 Å². The molecular formula is C15H23BrClNO. The van der Waals surface area contributed by atoms with Crippen molar-refractivity contribution in [2.75, 3.05) is 13.7 Å². The zero-order valence-electron chi connectivity index (χ0n) is 12.1. The second kappa shape index (κ2) is 8.13. The van der Waals surface area contributed by atoms with Crippen LogP contribution in [0, 0.1) is 5.92 Å². The summed E-state index contributed by atoms with van der Waals surface area (Å²) in [5.74, 6) is 1.56. The molecule has 1 rings (SSSR count). The second-order valence-electron chi connectivity index (χ2n) is 5.09. The van der Waals surface area contributed by atoms with Crippen molar-refractivity contribution >= 4 is 27.5 Å². The predicted molar refractivity (Wildman–Crippen MR) is 86.2 cm³/mol. The van der Waals surface area contributed by atoms with Crippen molar-refractivity contribution in [1.82, 2.24) is 5.32 Å². The van der Waals surface area contributed by atoms with Crippen molar-refractivity contribution in [3.8, 4) is 5.75 Å². The van der Waals surface area contributed by atoms with Gasteiger partial charge in [0.1, 0.15) is 5.75 Å². The van der Waals surface area contributed by atoms with Gasteiger partial charge in [0.15, 0.2) is 0 Å². The van der Waals surface area contributed by atoms with Gasteiger partial charge >= 0.3 is 0 Å². The molecule has 1 N–H and O–H groups in total. The highest BCUT2D eigenvalue weighted by atomic mass is 79.9. The molecule has 0 saturated heterocycles. The molecule has 2 nitrogen and oxygen atoms in total. The van der Waals surface area contributed by atoms with Gasteiger partial charge in [-0.3, -0.25) is 0 Å². The van der Waals surface area contributed by atoms with E-state index in [-0.39, 0.29) is 6.04 Å². The average molecular weight is 349 g/mol. The van der Waals surface area contributed by atoms with Gasteiger partial charge in [-0.25, -0.2) is 0 Å². The van der Waals surface area contributed by atoms with Crippen LogP contribution in [0.3, 0.4) is 0 Å². The summed E-state index contributed by atoms with van der Waals surface area (Å²) in [6.07, 6.45) is 2.25. The molecule has 108 valence electrons. The van der Waals surface area contributed by atoms with Crippen LogP contribution in [0.15, 0.2) is 16.6 Å². The first kappa shape index (κ1) is 16.8. The van der Waals surface area contributed by atoms with Crippen molar-refractivity contribution in [2.24, 2.45) is 5.92 Å². The third kappa shape index (κ3) is 4.97. The minimum absolute atomic E-state index is 0.275. The molecule has 0 aromatic heterocycles. The van der Waals surface area contributed by atoms with E-state index >= 15 is 0 Å². The predicted octanol–water partition coefficient (Wildman–Crippen LogP) is 5.20. The van der Waals surface area contributed by atoms with Gasteiger partial charge in [0.25, 0.3) is 0 Å². The fourth-order valence-corrected chi connectivity index (χ4v) is 3.16. The number of ether oxygens (including phenoxy) is 1. The summed E-state index contributed by atoms with van der Waals surface area (Å²) in [4.78, 5) is 0. The van der Waals surface area contributed by atoms with E-state index in [1.807, 2.05) is 12.1 Å². The molecule has 1 aromatic rings. The average Bonchev–Trinajstić information content (AvgIpc) is 2.33. The van der Waals surface area contributed by atoms with Gasteiger partial charge in [-0.2, -0.15) is 0 Å². The zero-order valence-corrected chi connectivity index (χ0v) is 14.4. The number of nitrogens with one attached hydrogen (secondary N) is 1. The quantitative estimate of drug-likeness (QED) is 0.731. The van der Waals surface area contributed by atoms with Crippen LogP contribution < -0.4 is 10.1 Å². The summed E-state index contributed by atoms with van der Waals surface area (Å²) in [6.45, 7) is 7.53. The molecule has 0 bridgehead atoms. The lowest BCUT2D eigenvalue weighted by atomic mass is 9.97. The minimum Gasteiger partial charge on any atom is -0.495 e. The van der Waals surface area contributed by atoms with Crippen LogP contribution in [0.25, 0.3) is 0 Å². The van der Waals surface area contributed by atoms with Crippen molar-refractivity contribution in [3.05, 3.63) is 27.2 Å². The first-order valence-electron chi connectivity index (χ1n) is 6.75. The summed E-state index contributed by atoms with van der Waals surface area (Å²) in [5, 5.41) is 4.26. The molecular weight excluding hydrogens is 326 g/mol. The molecule has 0 aliphatic rings. The zero-order chi connectivity index (χ0) is 14.4. The van der Waals surface area contributed by atoms with Crippen molar-refractivity contribution in [1.29, 1.82) is 0 Å². The Bertz CT molecular complexity index is 409. The number of benzene rings is 1. The van der Waals surface area contributed by atoms with Crippen LogP contribution in [0.2, 0.25) is 5.02 Å². The van der Waals surface area contributed by atoms with E-state index in [2.05, 4.69) is 42.0 Å². The number of rotatable bonds is 7. The Morgan fingerprint density at radius 1 is 1.32 bits per heavy atom. The summed E-state index contributed by atoms with van der Waals surface area (Å²) in [5.41, 5.74) is 1.13. The van der Waals surface area contributed by atoms with E-state index < -0.39 is 0 Å². The third-order valence-electron chi connectivity index (χ3n) is 3.10. The van der Waals surface area contributed by atoms with Gasteiger partial charge < -0.3 is 10.1 Å². The molecule has 1 atom stereocenters. The lowest BCUT2D eigenvalue weighted by molar-refractivity contribution is 0.386. The van der Waals surface area contributed by atoms with E-state index in [9.17, 15) is 0 Å². The monoisotopic (exact) mass is 347 g/mol. The summed E-state index contributed by atoms with van der Waals surface area (Å²) in [7, 11) is 1.70. The fraction of sp³-hybridized carbons (Fsp3) is 0.600. The number of methoxy groups -OCH3 is 1. The first-order valence-corrected chi connectivity index (χ1v) is 7.93. The van der Waals surface area contributed by atoms with Gasteiger partial charge in [0.05, 0.1) is 11.6 Å². The lowest BCUT2D eigenvalue weighted by Crippen LogP contribution is -2.22. The maximum Gasteiger partial charge on any atom is 0.137 e.